The van der Waals surface area contributed by atoms with Gasteiger partial charge in [0, 0.05) is 18.0 Å². The minimum absolute atomic E-state index is 0.320. The van der Waals surface area contributed by atoms with Crippen LogP contribution in [0.25, 0.3) is 0 Å². The molecule has 1 aliphatic carbocycles. The second-order valence-electron chi connectivity index (χ2n) is 2.74. The van der Waals surface area contributed by atoms with Crippen molar-refractivity contribution in [2.24, 2.45) is 0 Å². The maximum Gasteiger partial charge on any atom is 0.0875 e. The SMILES string of the molecule is COC1Cc2cccc(Br)c21. The normalized spacial score (nSPS) is 20.7. The first-order chi connectivity index (χ1) is 5.33. The van der Waals surface area contributed by atoms with Gasteiger partial charge in [0.15, 0.2) is 0 Å². The molecule has 0 saturated heterocycles. The van der Waals surface area contributed by atoms with Crippen molar-refractivity contribution in [1.29, 1.82) is 0 Å². The van der Waals surface area contributed by atoms with Crippen molar-refractivity contribution in [1.82, 2.24) is 0 Å². The van der Waals surface area contributed by atoms with E-state index >= 15 is 0 Å². The Kier molecular flexibility index (Phi) is 1.74. The first-order valence-electron chi connectivity index (χ1n) is 3.63. The Morgan fingerprint density at radius 2 is 2.36 bits per heavy atom. The molecule has 2 heteroatoms. The summed E-state index contributed by atoms with van der Waals surface area (Å²) in [5, 5.41) is 0. The van der Waals surface area contributed by atoms with Crippen LogP contribution in [0.1, 0.15) is 17.2 Å². The monoisotopic (exact) mass is 212 g/mol. The van der Waals surface area contributed by atoms with E-state index in [-0.39, 0.29) is 0 Å². The van der Waals surface area contributed by atoms with Gasteiger partial charge in [0.25, 0.3) is 0 Å². The minimum Gasteiger partial charge on any atom is -0.376 e. The average Bonchev–Trinajstić information content (AvgIpc) is 1.93. The van der Waals surface area contributed by atoms with Gasteiger partial charge in [0.2, 0.25) is 0 Å². The molecule has 0 aromatic heterocycles. The highest BCUT2D eigenvalue weighted by Crippen LogP contribution is 2.40. The van der Waals surface area contributed by atoms with E-state index in [0.29, 0.717) is 6.10 Å². The number of benzene rings is 1. The van der Waals surface area contributed by atoms with Crippen LogP contribution in [-0.4, -0.2) is 7.11 Å². The van der Waals surface area contributed by atoms with Crippen molar-refractivity contribution < 1.29 is 4.74 Å². The highest BCUT2D eigenvalue weighted by Gasteiger charge is 2.27. The zero-order chi connectivity index (χ0) is 7.84. The Morgan fingerprint density at radius 1 is 1.55 bits per heavy atom. The molecular weight excluding hydrogens is 204 g/mol. The van der Waals surface area contributed by atoms with Crippen LogP contribution in [0.5, 0.6) is 0 Å². The van der Waals surface area contributed by atoms with Gasteiger partial charge >= 0.3 is 0 Å². The molecule has 0 spiro atoms. The number of hydrogen-bond donors (Lipinski definition) is 0. The number of halogens is 1. The van der Waals surface area contributed by atoms with Crippen LogP contribution >= 0.6 is 15.9 Å². The van der Waals surface area contributed by atoms with Crippen LogP contribution in [0.3, 0.4) is 0 Å². The highest BCUT2D eigenvalue weighted by atomic mass is 79.9. The smallest absolute Gasteiger partial charge is 0.0875 e. The minimum atomic E-state index is 0.320. The standard InChI is InChI=1S/C9H9BrO/c1-11-8-5-6-3-2-4-7(10)9(6)8/h2-4,8H,5H2,1H3. The number of rotatable bonds is 1. The highest BCUT2D eigenvalue weighted by molar-refractivity contribution is 9.10. The lowest BCUT2D eigenvalue weighted by Crippen LogP contribution is -2.18. The third-order valence-electron chi connectivity index (χ3n) is 2.16. The summed E-state index contributed by atoms with van der Waals surface area (Å²) in [6.45, 7) is 0. The number of hydrogen-bond acceptors (Lipinski definition) is 1. The largest absolute Gasteiger partial charge is 0.376 e. The number of methoxy groups -OCH3 is 1. The van der Waals surface area contributed by atoms with E-state index in [0.717, 1.165) is 6.42 Å². The fourth-order valence-electron chi connectivity index (χ4n) is 1.49. The van der Waals surface area contributed by atoms with Gasteiger partial charge in [-0.3, -0.25) is 0 Å². The van der Waals surface area contributed by atoms with Crippen molar-refractivity contribution in [3.8, 4) is 0 Å². The van der Waals surface area contributed by atoms with Crippen LogP contribution in [0.15, 0.2) is 22.7 Å². The molecule has 0 heterocycles. The second-order valence-corrected chi connectivity index (χ2v) is 3.60. The molecule has 1 unspecified atom stereocenters. The zero-order valence-electron chi connectivity index (χ0n) is 6.30. The third-order valence-corrected chi connectivity index (χ3v) is 2.85. The molecule has 1 aromatic rings. The summed E-state index contributed by atoms with van der Waals surface area (Å²) in [6, 6.07) is 6.27. The lowest BCUT2D eigenvalue weighted by atomic mass is 9.85. The van der Waals surface area contributed by atoms with Gasteiger partial charge in [-0.25, -0.2) is 0 Å². The Balaban J connectivity index is 2.43. The predicted octanol–water partition coefficient (Wildman–Crippen LogP) is 2.69. The van der Waals surface area contributed by atoms with Crippen LogP contribution in [0, 0.1) is 0 Å². The summed E-state index contributed by atoms with van der Waals surface area (Å²) in [5.41, 5.74) is 2.74. The van der Waals surface area contributed by atoms with Gasteiger partial charge in [-0.2, -0.15) is 0 Å². The Bertz CT molecular complexity index is 269. The molecular formula is C9H9BrO. The quantitative estimate of drug-likeness (QED) is 0.696. The van der Waals surface area contributed by atoms with Gasteiger partial charge in [0.05, 0.1) is 6.10 Å². The molecule has 58 valence electrons. The molecule has 1 aliphatic rings. The topological polar surface area (TPSA) is 9.23 Å². The van der Waals surface area contributed by atoms with E-state index in [9.17, 15) is 0 Å². The Morgan fingerprint density at radius 3 is 3.00 bits per heavy atom. The fourth-order valence-corrected chi connectivity index (χ4v) is 2.15. The van der Waals surface area contributed by atoms with E-state index in [4.69, 9.17) is 4.74 Å². The van der Waals surface area contributed by atoms with E-state index in [2.05, 4.69) is 34.1 Å². The molecule has 1 atom stereocenters. The van der Waals surface area contributed by atoms with Gasteiger partial charge in [-0.15, -0.1) is 0 Å². The van der Waals surface area contributed by atoms with Crippen molar-refractivity contribution in [3.63, 3.8) is 0 Å². The lowest BCUT2D eigenvalue weighted by molar-refractivity contribution is 0.0837. The Hall–Kier alpha value is -0.340. The molecule has 0 saturated carbocycles. The molecule has 11 heavy (non-hydrogen) atoms. The summed E-state index contributed by atoms with van der Waals surface area (Å²) in [4.78, 5) is 0. The summed E-state index contributed by atoms with van der Waals surface area (Å²) >= 11 is 3.50. The molecule has 0 bridgehead atoms. The van der Waals surface area contributed by atoms with Crippen molar-refractivity contribution >= 4 is 15.9 Å². The first kappa shape index (κ1) is 7.32. The summed E-state index contributed by atoms with van der Waals surface area (Å²) in [7, 11) is 1.76. The van der Waals surface area contributed by atoms with Gasteiger partial charge < -0.3 is 4.74 Å². The second kappa shape index (κ2) is 2.61. The molecule has 2 rings (SSSR count). The Labute approximate surface area is 74.5 Å². The summed E-state index contributed by atoms with van der Waals surface area (Å²) in [6.07, 6.45) is 1.38. The van der Waals surface area contributed by atoms with Gasteiger partial charge in [-0.05, 0) is 17.2 Å². The molecule has 0 aliphatic heterocycles. The average molecular weight is 213 g/mol. The van der Waals surface area contributed by atoms with Crippen molar-refractivity contribution in [3.05, 3.63) is 33.8 Å². The van der Waals surface area contributed by atoms with Gasteiger partial charge in [0.1, 0.15) is 0 Å². The maximum atomic E-state index is 5.26. The lowest BCUT2D eigenvalue weighted by Gasteiger charge is -2.29. The van der Waals surface area contributed by atoms with Gasteiger partial charge in [-0.1, -0.05) is 28.1 Å². The van der Waals surface area contributed by atoms with E-state index in [1.165, 1.54) is 15.6 Å². The molecule has 0 fully saturated rings. The molecule has 1 aromatic carbocycles. The molecule has 0 amide bonds. The van der Waals surface area contributed by atoms with Crippen LogP contribution in [0.2, 0.25) is 0 Å². The zero-order valence-corrected chi connectivity index (χ0v) is 7.89. The first-order valence-corrected chi connectivity index (χ1v) is 4.42. The fraction of sp³-hybridized carbons (Fsp3) is 0.333. The van der Waals surface area contributed by atoms with Crippen molar-refractivity contribution in [2.75, 3.05) is 7.11 Å². The molecule has 1 nitrogen and oxygen atoms in total. The maximum absolute atomic E-state index is 5.26. The van der Waals surface area contributed by atoms with E-state index < -0.39 is 0 Å². The molecule has 0 N–H and O–H groups in total. The van der Waals surface area contributed by atoms with Crippen LogP contribution < -0.4 is 0 Å². The predicted molar refractivity (Wildman–Crippen MR) is 47.6 cm³/mol. The summed E-state index contributed by atoms with van der Waals surface area (Å²) in [5.74, 6) is 0. The van der Waals surface area contributed by atoms with E-state index in [1.807, 2.05) is 0 Å². The van der Waals surface area contributed by atoms with Crippen molar-refractivity contribution in [2.45, 2.75) is 12.5 Å². The van der Waals surface area contributed by atoms with Crippen LogP contribution in [-0.2, 0) is 11.2 Å². The van der Waals surface area contributed by atoms with Crippen LogP contribution in [0.4, 0.5) is 0 Å². The number of ether oxygens (including phenoxy) is 1. The van der Waals surface area contributed by atoms with E-state index in [1.54, 1.807) is 7.11 Å². The molecule has 0 radical (unpaired) electrons. The summed E-state index contributed by atoms with van der Waals surface area (Å²) < 4.78 is 6.44. The number of fused-ring (bicyclic) bond motifs is 1. The third kappa shape index (κ3) is 1.01.